The van der Waals surface area contributed by atoms with Crippen LogP contribution in [0.1, 0.15) is 19.4 Å². The van der Waals surface area contributed by atoms with Gasteiger partial charge in [0.2, 0.25) is 0 Å². The molecule has 16 heavy (non-hydrogen) atoms. The second-order valence-corrected chi connectivity index (χ2v) is 5.81. The molecular weight excluding hydrogens is 271 g/mol. The molecule has 0 aromatic heterocycles. The first kappa shape index (κ1) is 13.6. The van der Waals surface area contributed by atoms with E-state index in [2.05, 4.69) is 15.9 Å². The summed E-state index contributed by atoms with van der Waals surface area (Å²) in [4.78, 5) is 2.02. The fourth-order valence-electron chi connectivity index (χ4n) is 1.71. The predicted octanol–water partition coefficient (Wildman–Crippen LogP) is 2.76. The van der Waals surface area contributed by atoms with E-state index in [-0.39, 0.29) is 11.4 Å². The van der Waals surface area contributed by atoms with E-state index in [1.807, 2.05) is 25.8 Å². The molecule has 0 bridgehead atoms. The van der Waals surface area contributed by atoms with Crippen molar-refractivity contribution in [2.75, 3.05) is 13.6 Å². The highest BCUT2D eigenvalue weighted by molar-refractivity contribution is 9.10. The quantitative estimate of drug-likeness (QED) is 0.923. The van der Waals surface area contributed by atoms with E-state index < -0.39 is 0 Å². The fraction of sp³-hybridized carbons (Fsp3) is 0.500. The third-order valence-corrected chi connectivity index (χ3v) is 2.62. The van der Waals surface area contributed by atoms with Crippen molar-refractivity contribution in [3.8, 4) is 0 Å². The van der Waals surface area contributed by atoms with Gasteiger partial charge in [0.05, 0.1) is 0 Å². The number of nitrogens with two attached hydrogens (primary N) is 1. The minimum Gasteiger partial charge on any atom is -0.324 e. The van der Waals surface area contributed by atoms with Crippen LogP contribution in [0.3, 0.4) is 0 Å². The molecule has 90 valence electrons. The molecule has 0 fully saturated rings. The molecule has 1 aromatic rings. The Balaban J connectivity index is 2.69. The number of benzene rings is 1. The van der Waals surface area contributed by atoms with Crippen LogP contribution in [-0.2, 0) is 6.54 Å². The van der Waals surface area contributed by atoms with Crippen molar-refractivity contribution in [3.05, 3.63) is 34.1 Å². The lowest BCUT2D eigenvalue weighted by molar-refractivity contribution is 0.260. The number of halogens is 2. The molecule has 0 heterocycles. The van der Waals surface area contributed by atoms with E-state index in [0.717, 1.165) is 11.0 Å². The van der Waals surface area contributed by atoms with E-state index in [0.29, 0.717) is 12.1 Å². The van der Waals surface area contributed by atoms with Crippen molar-refractivity contribution >= 4 is 15.9 Å². The van der Waals surface area contributed by atoms with Crippen molar-refractivity contribution < 1.29 is 4.39 Å². The van der Waals surface area contributed by atoms with Gasteiger partial charge in [0.25, 0.3) is 0 Å². The smallest absolute Gasteiger partial charge is 0.127 e. The Morgan fingerprint density at radius 1 is 1.44 bits per heavy atom. The van der Waals surface area contributed by atoms with Crippen molar-refractivity contribution in [2.45, 2.75) is 25.9 Å². The largest absolute Gasteiger partial charge is 0.324 e. The van der Waals surface area contributed by atoms with Gasteiger partial charge >= 0.3 is 0 Å². The van der Waals surface area contributed by atoms with Crippen molar-refractivity contribution in [1.29, 1.82) is 0 Å². The van der Waals surface area contributed by atoms with Gasteiger partial charge in [-0.1, -0.05) is 15.9 Å². The zero-order valence-electron chi connectivity index (χ0n) is 9.93. The van der Waals surface area contributed by atoms with Crippen LogP contribution in [0.2, 0.25) is 0 Å². The molecule has 0 saturated carbocycles. The van der Waals surface area contributed by atoms with Crippen LogP contribution in [0.5, 0.6) is 0 Å². The number of likely N-dealkylation sites (N-methyl/N-ethyl adjacent to an activating group) is 1. The third-order valence-electron chi connectivity index (χ3n) is 2.13. The summed E-state index contributed by atoms with van der Waals surface area (Å²) in [5, 5.41) is 0. The molecule has 0 aliphatic rings. The summed E-state index contributed by atoms with van der Waals surface area (Å²) in [5.41, 5.74) is 6.33. The summed E-state index contributed by atoms with van der Waals surface area (Å²) in [6, 6.07) is 4.97. The Kier molecular flexibility index (Phi) is 4.47. The van der Waals surface area contributed by atoms with Crippen LogP contribution in [0.15, 0.2) is 22.7 Å². The van der Waals surface area contributed by atoms with Crippen molar-refractivity contribution in [1.82, 2.24) is 4.90 Å². The molecule has 0 aliphatic heterocycles. The Bertz CT molecular complexity index is 361. The maximum Gasteiger partial charge on any atom is 0.127 e. The van der Waals surface area contributed by atoms with Crippen molar-refractivity contribution in [3.63, 3.8) is 0 Å². The zero-order valence-corrected chi connectivity index (χ0v) is 11.5. The molecule has 4 heteroatoms. The van der Waals surface area contributed by atoms with Crippen LogP contribution < -0.4 is 5.73 Å². The molecule has 0 radical (unpaired) electrons. The van der Waals surface area contributed by atoms with Gasteiger partial charge in [-0.05, 0) is 39.1 Å². The highest BCUT2D eigenvalue weighted by Gasteiger charge is 2.15. The Morgan fingerprint density at radius 3 is 2.62 bits per heavy atom. The van der Waals surface area contributed by atoms with Gasteiger partial charge < -0.3 is 10.6 Å². The highest BCUT2D eigenvalue weighted by Crippen LogP contribution is 2.17. The van der Waals surface area contributed by atoms with Gasteiger partial charge in [-0.25, -0.2) is 4.39 Å². The van der Waals surface area contributed by atoms with Gasteiger partial charge in [0.1, 0.15) is 5.82 Å². The monoisotopic (exact) mass is 288 g/mol. The second kappa shape index (κ2) is 5.25. The summed E-state index contributed by atoms with van der Waals surface area (Å²) in [6.45, 7) is 5.20. The Labute approximate surface area is 105 Å². The second-order valence-electron chi connectivity index (χ2n) is 4.90. The van der Waals surface area contributed by atoms with E-state index in [1.165, 1.54) is 6.07 Å². The molecule has 0 spiro atoms. The summed E-state index contributed by atoms with van der Waals surface area (Å²) < 4.78 is 14.4. The molecular formula is C12H18BrFN2. The lowest BCUT2D eigenvalue weighted by atomic mass is 10.1. The van der Waals surface area contributed by atoms with E-state index >= 15 is 0 Å². The Hall–Kier alpha value is -0.450. The zero-order chi connectivity index (χ0) is 12.3. The molecule has 0 saturated heterocycles. The van der Waals surface area contributed by atoms with E-state index in [1.54, 1.807) is 12.1 Å². The van der Waals surface area contributed by atoms with Gasteiger partial charge in [0.15, 0.2) is 0 Å². The lowest BCUT2D eigenvalue weighted by Gasteiger charge is -2.26. The van der Waals surface area contributed by atoms with Gasteiger partial charge in [-0.15, -0.1) is 0 Å². The predicted molar refractivity (Wildman–Crippen MR) is 68.7 cm³/mol. The summed E-state index contributed by atoms with van der Waals surface area (Å²) in [5.74, 6) is -0.176. The molecule has 1 rings (SSSR count). The van der Waals surface area contributed by atoms with Crippen LogP contribution in [0.4, 0.5) is 4.39 Å². The summed E-state index contributed by atoms with van der Waals surface area (Å²) in [6.07, 6.45) is 0. The average molecular weight is 289 g/mol. The number of hydrogen-bond acceptors (Lipinski definition) is 2. The maximum absolute atomic E-state index is 13.5. The molecule has 2 N–H and O–H groups in total. The molecule has 2 nitrogen and oxygen atoms in total. The van der Waals surface area contributed by atoms with E-state index in [4.69, 9.17) is 5.73 Å². The number of hydrogen-bond donors (Lipinski definition) is 1. The molecule has 0 amide bonds. The molecule has 0 unspecified atom stereocenters. The average Bonchev–Trinajstić information content (AvgIpc) is 2.08. The topological polar surface area (TPSA) is 29.3 Å². The minimum atomic E-state index is -0.267. The summed E-state index contributed by atoms with van der Waals surface area (Å²) in [7, 11) is 1.94. The lowest BCUT2D eigenvalue weighted by Crippen LogP contribution is -2.43. The minimum absolute atomic E-state index is 0.176. The van der Waals surface area contributed by atoms with Crippen LogP contribution in [-0.4, -0.2) is 24.0 Å². The molecule has 0 atom stereocenters. The van der Waals surface area contributed by atoms with E-state index in [9.17, 15) is 4.39 Å². The number of rotatable bonds is 4. The molecule has 0 aliphatic carbocycles. The third kappa shape index (κ3) is 4.60. The van der Waals surface area contributed by atoms with Gasteiger partial charge in [-0.3, -0.25) is 0 Å². The Morgan fingerprint density at radius 2 is 2.06 bits per heavy atom. The first-order chi connectivity index (χ1) is 7.28. The van der Waals surface area contributed by atoms with Crippen LogP contribution in [0.25, 0.3) is 0 Å². The van der Waals surface area contributed by atoms with Crippen LogP contribution in [0, 0.1) is 5.82 Å². The van der Waals surface area contributed by atoms with Gasteiger partial charge in [-0.2, -0.15) is 0 Å². The normalized spacial score (nSPS) is 12.2. The number of nitrogens with zero attached hydrogens (tertiary/aromatic N) is 1. The molecule has 1 aromatic carbocycles. The SMILES string of the molecule is CN(Cc1cc(Br)ccc1F)CC(C)(C)N. The van der Waals surface area contributed by atoms with Crippen molar-refractivity contribution in [2.24, 2.45) is 5.73 Å². The first-order valence-electron chi connectivity index (χ1n) is 5.19. The fourth-order valence-corrected chi connectivity index (χ4v) is 2.12. The standard InChI is InChI=1S/C12H18BrFN2/c1-12(2,15)8-16(3)7-9-6-10(13)4-5-11(9)14/h4-6H,7-8,15H2,1-3H3. The first-order valence-corrected chi connectivity index (χ1v) is 5.98. The summed E-state index contributed by atoms with van der Waals surface area (Å²) >= 11 is 3.34. The highest BCUT2D eigenvalue weighted by atomic mass is 79.9. The van der Waals surface area contributed by atoms with Crippen LogP contribution >= 0.6 is 15.9 Å². The maximum atomic E-state index is 13.5. The van der Waals surface area contributed by atoms with Gasteiger partial charge in [0, 0.05) is 28.7 Å².